The second-order valence-corrected chi connectivity index (χ2v) is 7.97. The standard InChI is InChI=1S/C20H23ClN4O/c1-11-15-17(24-25(6)18(15)22-12(2)16(11)21)23-19(26)13-7-9-14(10-8-13)20(3,4)5/h7-10H,1-6H3,(H,23,24,26). The maximum atomic E-state index is 12.7. The van der Waals surface area contributed by atoms with Gasteiger partial charge in [-0.05, 0) is 42.5 Å². The molecule has 1 N–H and O–H groups in total. The molecule has 5 nitrogen and oxygen atoms in total. The van der Waals surface area contributed by atoms with Crippen LogP contribution in [-0.2, 0) is 12.5 Å². The molecule has 0 fully saturated rings. The molecule has 0 unspecified atom stereocenters. The summed E-state index contributed by atoms with van der Waals surface area (Å²) in [4.78, 5) is 17.2. The largest absolute Gasteiger partial charge is 0.304 e. The van der Waals surface area contributed by atoms with Gasteiger partial charge in [0.2, 0.25) is 0 Å². The average molecular weight is 371 g/mol. The van der Waals surface area contributed by atoms with Crippen molar-refractivity contribution in [2.45, 2.75) is 40.0 Å². The maximum Gasteiger partial charge on any atom is 0.256 e. The molecule has 1 aromatic carbocycles. The van der Waals surface area contributed by atoms with E-state index in [2.05, 4.69) is 36.2 Å². The first-order chi connectivity index (χ1) is 12.1. The Morgan fingerprint density at radius 2 is 1.77 bits per heavy atom. The molecule has 2 aromatic heterocycles. The molecular formula is C20H23ClN4O. The quantitative estimate of drug-likeness (QED) is 0.705. The minimum Gasteiger partial charge on any atom is -0.304 e. The van der Waals surface area contributed by atoms with Gasteiger partial charge >= 0.3 is 0 Å². The molecule has 2 heterocycles. The van der Waals surface area contributed by atoms with E-state index < -0.39 is 0 Å². The fraction of sp³-hybridized carbons (Fsp3) is 0.350. The van der Waals surface area contributed by atoms with Crippen LogP contribution in [0.15, 0.2) is 24.3 Å². The van der Waals surface area contributed by atoms with Gasteiger partial charge in [0.15, 0.2) is 11.5 Å². The summed E-state index contributed by atoms with van der Waals surface area (Å²) in [5.74, 6) is 0.265. The molecule has 0 aliphatic carbocycles. The molecule has 26 heavy (non-hydrogen) atoms. The van der Waals surface area contributed by atoms with Crippen LogP contribution < -0.4 is 5.32 Å². The molecule has 3 aromatic rings. The van der Waals surface area contributed by atoms with E-state index in [9.17, 15) is 4.79 Å². The lowest BCUT2D eigenvalue weighted by Gasteiger charge is -2.19. The number of aryl methyl sites for hydroxylation is 3. The van der Waals surface area contributed by atoms with Crippen molar-refractivity contribution in [3.8, 4) is 0 Å². The van der Waals surface area contributed by atoms with E-state index in [0.717, 1.165) is 16.6 Å². The number of nitrogens with zero attached hydrogens (tertiary/aromatic N) is 3. The number of rotatable bonds is 2. The Morgan fingerprint density at radius 3 is 2.35 bits per heavy atom. The van der Waals surface area contributed by atoms with Crippen molar-refractivity contribution >= 4 is 34.4 Å². The summed E-state index contributed by atoms with van der Waals surface area (Å²) in [5.41, 5.74) is 4.11. The van der Waals surface area contributed by atoms with Crippen LogP contribution in [0.5, 0.6) is 0 Å². The lowest BCUT2D eigenvalue weighted by Crippen LogP contribution is -2.15. The van der Waals surface area contributed by atoms with Gasteiger partial charge in [-0.15, -0.1) is 0 Å². The van der Waals surface area contributed by atoms with Crippen molar-refractivity contribution in [2.75, 3.05) is 5.32 Å². The number of carbonyl (C=O) groups is 1. The molecule has 0 saturated carbocycles. The molecule has 0 aliphatic heterocycles. The third kappa shape index (κ3) is 3.19. The van der Waals surface area contributed by atoms with Crippen molar-refractivity contribution < 1.29 is 4.79 Å². The molecule has 136 valence electrons. The van der Waals surface area contributed by atoms with Crippen molar-refractivity contribution in [1.82, 2.24) is 14.8 Å². The van der Waals surface area contributed by atoms with Crippen LogP contribution in [0.2, 0.25) is 5.02 Å². The number of halogens is 1. The van der Waals surface area contributed by atoms with Crippen LogP contribution in [-0.4, -0.2) is 20.7 Å². The third-order valence-electron chi connectivity index (χ3n) is 4.56. The lowest BCUT2D eigenvalue weighted by molar-refractivity contribution is 0.102. The number of fused-ring (bicyclic) bond motifs is 1. The van der Waals surface area contributed by atoms with E-state index in [1.807, 2.05) is 38.1 Å². The van der Waals surface area contributed by atoms with Crippen molar-refractivity contribution in [3.63, 3.8) is 0 Å². The molecule has 1 amide bonds. The van der Waals surface area contributed by atoms with Crippen molar-refractivity contribution in [3.05, 3.63) is 51.7 Å². The SMILES string of the molecule is Cc1nc2c(c(NC(=O)c3ccc(C(C)(C)C)cc3)nn2C)c(C)c1Cl. The summed E-state index contributed by atoms with van der Waals surface area (Å²) in [5, 5.41) is 8.68. The zero-order valence-electron chi connectivity index (χ0n) is 15.9. The van der Waals surface area contributed by atoms with Gasteiger partial charge in [0.05, 0.1) is 16.1 Å². The van der Waals surface area contributed by atoms with Crippen LogP contribution >= 0.6 is 11.6 Å². The lowest BCUT2D eigenvalue weighted by atomic mass is 9.87. The highest BCUT2D eigenvalue weighted by atomic mass is 35.5. The highest BCUT2D eigenvalue weighted by molar-refractivity contribution is 6.33. The Balaban J connectivity index is 1.96. The topological polar surface area (TPSA) is 59.8 Å². The first-order valence-corrected chi connectivity index (χ1v) is 8.88. The van der Waals surface area contributed by atoms with E-state index in [1.165, 1.54) is 5.56 Å². The molecule has 6 heteroatoms. The van der Waals surface area contributed by atoms with Crippen molar-refractivity contribution in [1.29, 1.82) is 0 Å². The number of nitrogens with one attached hydrogen (secondary N) is 1. The molecule has 0 aliphatic rings. The number of carbonyl (C=O) groups excluding carboxylic acids is 1. The third-order valence-corrected chi connectivity index (χ3v) is 5.11. The summed E-state index contributed by atoms with van der Waals surface area (Å²) in [6.07, 6.45) is 0. The van der Waals surface area contributed by atoms with Crippen LogP contribution in [0.4, 0.5) is 5.82 Å². The zero-order chi connectivity index (χ0) is 19.2. The van der Waals surface area contributed by atoms with Gasteiger partial charge in [-0.25, -0.2) is 9.67 Å². The van der Waals surface area contributed by atoms with E-state index in [4.69, 9.17) is 11.6 Å². The molecular weight excluding hydrogens is 348 g/mol. The van der Waals surface area contributed by atoms with Gasteiger partial charge in [-0.2, -0.15) is 5.10 Å². The van der Waals surface area contributed by atoms with E-state index in [-0.39, 0.29) is 11.3 Å². The Bertz CT molecular complexity index is 998. The number of aromatic nitrogens is 3. The van der Waals surface area contributed by atoms with Gasteiger partial charge in [0.25, 0.3) is 5.91 Å². The number of benzene rings is 1. The van der Waals surface area contributed by atoms with E-state index >= 15 is 0 Å². The molecule has 0 radical (unpaired) electrons. The second kappa shape index (κ2) is 6.40. The Kier molecular flexibility index (Phi) is 4.53. The predicted octanol–water partition coefficient (Wildman–Crippen LogP) is 4.79. The maximum absolute atomic E-state index is 12.7. The minimum atomic E-state index is -0.207. The van der Waals surface area contributed by atoms with Gasteiger partial charge in [-0.1, -0.05) is 44.5 Å². The predicted molar refractivity (Wildman–Crippen MR) is 106 cm³/mol. The summed E-state index contributed by atoms with van der Waals surface area (Å²) < 4.78 is 1.66. The summed E-state index contributed by atoms with van der Waals surface area (Å²) in [7, 11) is 1.80. The summed E-state index contributed by atoms with van der Waals surface area (Å²) in [6, 6.07) is 7.64. The summed E-state index contributed by atoms with van der Waals surface area (Å²) >= 11 is 6.34. The van der Waals surface area contributed by atoms with Crippen LogP contribution in [0.3, 0.4) is 0 Å². The van der Waals surface area contributed by atoms with Crippen LogP contribution in [0, 0.1) is 13.8 Å². The van der Waals surface area contributed by atoms with Gasteiger partial charge < -0.3 is 5.32 Å². The van der Waals surface area contributed by atoms with Crippen molar-refractivity contribution in [2.24, 2.45) is 7.05 Å². The number of anilines is 1. The van der Waals surface area contributed by atoms with Gasteiger partial charge in [0, 0.05) is 12.6 Å². The number of amides is 1. The number of hydrogen-bond acceptors (Lipinski definition) is 3. The molecule has 3 rings (SSSR count). The van der Waals surface area contributed by atoms with Gasteiger partial charge in [-0.3, -0.25) is 4.79 Å². The average Bonchev–Trinajstić information content (AvgIpc) is 2.87. The highest BCUT2D eigenvalue weighted by Gasteiger charge is 2.19. The Morgan fingerprint density at radius 1 is 1.15 bits per heavy atom. The van der Waals surface area contributed by atoms with Crippen LogP contribution in [0.25, 0.3) is 11.0 Å². The van der Waals surface area contributed by atoms with Gasteiger partial charge in [0.1, 0.15) is 0 Å². The van der Waals surface area contributed by atoms with E-state index in [1.54, 1.807) is 11.7 Å². The monoisotopic (exact) mass is 370 g/mol. The molecule has 0 spiro atoms. The second-order valence-electron chi connectivity index (χ2n) is 7.59. The minimum absolute atomic E-state index is 0.0452. The Hall–Kier alpha value is -2.40. The molecule has 0 saturated heterocycles. The first-order valence-electron chi connectivity index (χ1n) is 8.51. The smallest absolute Gasteiger partial charge is 0.256 e. The first kappa shape index (κ1) is 18.4. The number of pyridine rings is 1. The molecule has 0 bridgehead atoms. The zero-order valence-corrected chi connectivity index (χ0v) is 16.7. The Labute approximate surface area is 158 Å². The highest BCUT2D eigenvalue weighted by Crippen LogP contribution is 2.31. The number of hydrogen-bond donors (Lipinski definition) is 1. The fourth-order valence-electron chi connectivity index (χ4n) is 2.97. The normalized spacial score (nSPS) is 11.8. The fourth-order valence-corrected chi connectivity index (χ4v) is 3.10. The van der Waals surface area contributed by atoms with Crippen LogP contribution in [0.1, 0.15) is 48.0 Å². The molecule has 0 atom stereocenters. The van der Waals surface area contributed by atoms with E-state index in [0.29, 0.717) is 22.1 Å². The summed E-state index contributed by atoms with van der Waals surface area (Å²) in [6.45, 7) is 10.2.